The lowest BCUT2D eigenvalue weighted by atomic mass is 10.1. The van der Waals surface area contributed by atoms with Gasteiger partial charge in [-0.15, -0.1) is 0 Å². The van der Waals surface area contributed by atoms with E-state index in [0.29, 0.717) is 10.1 Å². The second-order valence-corrected chi connectivity index (χ2v) is 6.35. The quantitative estimate of drug-likeness (QED) is 0.862. The highest BCUT2D eigenvalue weighted by atomic mass is 32.2. The molecule has 0 aliphatic carbocycles. The fourth-order valence-electron chi connectivity index (χ4n) is 2.28. The minimum Gasteiger partial charge on any atom is -0.351 e. The van der Waals surface area contributed by atoms with E-state index in [9.17, 15) is 4.79 Å². The molecule has 1 aliphatic heterocycles. The molecule has 5 heteroatoms. The average molecular weight is 311 g/mol. The number of thioether (sulfide) groups is 1. The molecule has 1 amide bonds. The maximum Gasteiger partial charge on any atom is 0.264 e. The van der Waals surface area contributed by atoms with Crippen LogP contribution in [-0.2, 0) is 11.8 Å². The Hall–Kier alpha value is -2.27. The van der Waals surface area contributed by atoms with Gasteiger partial charge >= 0.3 is 0 Å². The molecule has 0 spiro atoms. The SMILES string of the molecule is Cc1ccc(N=C2NC(=O)C(=Cc3cccn3C)S2)c(C)c1. The number of aromatic nitrogens is 1. The number of aryl methyl sites for hydroxylation is 3. The van der Waals surface area contributed by atoms with Crippen LogP contribution in [0.4, 0.5) is 5.69 Å². The average Bonchev–Trinajstić information content (AvgIpc) is 3.01. The van der Waals surface area contributed by atoms with E-state index >= 15 is 0 Å². The van der Waals surface area contributed by atoms with Crippen LogP contribution in [0, 0.1) is 13.8 Å². The number of nitrogens with one attached hydrogen (secondary N) is 1. The topological polar surface area (TPSA) is 46.4 Å². The zero-order chi connectivity index (χ0) is 15.7. The molecule has 1 saturated heterocycles. The van der Waals surface area contributed by atoms with Crippen molar-refractivity contribution in [2.75, 3.05) is 0 Å². The lowest BCUT2D eigenvalue weighted by Crippen LogP contribution is -2.19. The van der Waals surface area contributed by atoms with Gasteiger partial charge in [-0.25, -0.2) is 4.99 Å². The van der Waals surface area contributed by atoms with Crippen molar-refractivity contribution in [2.45, 2.75) is 13.8 Å². The van der Waals surface area contributed by atoms with E-state index in [1.165, 1.54) is 17.3 Å². The molecule has 1 aromatic carbocycles. The normalized spacial score (nSPS) is 18.2. The highest BCUT2D eigenvalue weighted by molar-refractivity contribution is 8.18. The molecule has 0 unspecified atom stereocenters. The third-order valence-corrected chi connectivity index (χ3v) is 4.40. The lowest BCUT2D eigenvalue weighted by Gasteiger charge is -2.02. The number of hydrogen-bond acceptors (Lipinski definition) is 3. The summed E-state index contributed by atoms with van der Waals surface area (Å²) < 4.78 is 1.97. The first-order valence-electron chi connectivity index (χ1n) is 7.01. The van der Waals surface area contributed by atoms with Crippen molar-refractivity contribution in [1.29, 1.82) is 0 Å². The number of carbonyl (C=O) groups is 1. The van der Waals surface area contributed by atoms with Crippen LogP contribution in [0.5, 0.6) is 0 Å². The molecule has 22 heavy (non-hydrogen) atoms. The van der Waals surface area contributed by atoms with Crippen molar-refractivity contribution in [3.05, 3.63) is 58.3 Å². The van der Waals surface area contributed by atoms with E-state index in [2.05, 4.69) is 23.3 Å². The molecule has 1 aromatic heterocycles. The fourth-order valence-corrected chi connectivity index (χ4v) is 3.10. The van der Waals surface area contributed by atoms with Gasteiger partial charge in [0.2, 0.25) is 0 Å². The third kappa shape index (κ3) is 2.99. The second-order valence-electron chi connectivity index (χ2n) is 5.32. The van der Waals surface area contributed by atoms with Crippen molar-refractivity contribution in [1.82, 2.24) is 9.88 Å². The van der Waals surface area contributed by atoms with Crippen LogP contribution in [0.1, 0.15) is 16.8 Å². The minimum atomic E-state index is -0.102. The summed E-state index contributed by atoms with van der Waals surface area (Å²) in [7, 11) is 1.95. The van der Waals surface area contributed by atoms with Gasteiger partial charge in [-0.3, -0.25) is 4.79 Å². The summed E-state index contributed by atoms with van der Waals surface area (Å²) in [6.07, 6.45) is 3.83. The van der Waals surface area contributed by atoms with Crippen LogP contribution >= 0.6 is 11.8 Å². The Morgan fingerprint density at radius 2 is 2.09 bits per heavy atom. The largest absolute Gasteiger partial charge is 0.351 e. The molecule has 1 fully saturated rings. The van der Waals surface area contributed by atoms with Crippen LogP contribution in [0.15, 0.2) is 46.4 Å². The molecule has 0 bridgehead atoms. The summed E-state index contributed by atoms with van der Waals surface area (Å²) in [5.74, 6) is -0.102. The van der Waals surface area contributed by atoms with Crippen LogP contribution in [-0.4, -0.2) is 15.6 Å². The number of benzene rings is 1. The van der Waals surface area contributed by atoms with E-state index in [1.807, 2.05) is 55.1 Å². The summed E-state index contributed by atoms with van der Waals surface area (Å²) >= 11 is 1.37. The molecular formula is C17H17N3OS. The predicted octanol–water partition coefficient (Wildman–Crippen LogP) is 3.53. The molecule has 112 valence electrons. The standard InChI is InChI=1S/C17H17N3OS/c1-11-6-7-14(12(2)9-11)18-17-19-16(21)15(22-17)10-13-5-4-8-20(13)3/h4-10H,1-3H3,(H,18,19,21). The number of hydrogen-bond donors (Lipinski definition) is 1. The number of aliphatic imine (C=N–C) groups is 1. The fraction of sp³-hybridized carbons (Fsp3) is 0.176. The summed E-state index contributed by atoms with van der Waals surface area (Å²) in [5, 5.41) is 3.45. The van der Waals surface area contributed by atoms with Gasteiger partial charge in [0.05, 0.1) is 10.6 Å². The Labute approximate surface area is 133 Å². The van der Waals surface area contributed by atoms with Crippen molar-refractivity contribution in [2.24, 2.45) is 12.0 Å². The maximum atomic E-state index is 12.1. The highest BCUT2D eigenvalue weighted by Gasteiger charge is 2.24. The van der Waals surface area contributed by atoms with Gasteiger partial charge in [0.1, 0.15) is 0 Å². The van der Waals surface area contributed by atoms with Gasteiger partial charge in [-0.2, -0.15) is 0 Å². The molecule has 0 atom stereocenters. The molecule has 2 aromatic rings. The van der Waals surface area contributed by atoms with Crippen molar-refractivity contribution in [3.63, 3.8) is 0 Å². The van der Waals surface area contributed by atoms with Gasteiger partial charge in [0.25, 0.3) is 5.91 Å². The second kappa shape index (κ2) is 5.85. The smallest absolute Gasteiger partial charge is 0.264 e. The molecular weight excluding hydrogens is 294 g/mol. The molecule has 4 nitrogen and oxygen atoms in total. The number of amidine groups is 1. The van der Waals surface area contributed by atoms with Crippen molar-refractivity contribution < 1.29 is 4.79 Å². The van der Waals surface area contributed by atoms with Gasteiger partial charge < -0.3 is 9.88 Å². The van der Waals surface area contributed by atoms with E-state index in [1.54, 1.807) is 0 Å². The van der Waals surface area contributed by atoms with Gasteiger partial charge in [-0.05, 0) is 55.4 Å². The first-order chi connectivity index (χ1) is 10.5. The van der Waals surface area contributed by atoms with Crippen LogP contribution < -0.4 is 5.32 Å². The summed E-state index contributed by atoms with van der Waals surface area (Å²) in [6, 6.07) is 10.0. The minimum absolute atomic E-state index is 0.102. The number of nitrogens with zero attached hydrogens (tertiary/aromatic N) is 2. The van der Waals surface area contributed by atoms with Gasteiger partial charge in [-0.1, -0.05) is 17.7 Å². The zero-order valence-electron chi connectivity index (χ0n) is 12.8. The first-order valence-corrected chi connectivity index (χ1v) is 7.83. The predicted molar refractivity (Wildman–Crippen MR) is 92.1 cm³/mol. The molecule has 0 radical (unpaired) electrons. The summed E-state index contributed by atoms with van der Waals surface area (Å²) in [4.78, 5) is 17.3. The monoisotopic (exact) mass is 311 g/mol. The number of amides is 1. The van der Waals surface area contributed by atoms with Crippen LogP contribution in [0.25, 0.3) is 6.08 Å². The number of rotatable bonds is 2. The lowest BCUT2D eigenvalue weighted by molar-refractivity contribution is -0.115. The first kappa shape index (κ1) is 14.7. The van der Waals surface area contributed by atoms with Crippen molar-refractivity contribution in [3.8, 4) is 0 Å². The van der Waals surface area contributed by atoms with E-state index < -0.39 is 0 Å². The summed E-state index contributed by atoms with van der Waals surface area (Å²) in [5.41, 5.74) is 4.18. The van der Waals surface area contributed by atoms with Gasteiger partial charge in [0, 0.05) is 18.9 Å². The van der Waals surface area contributed by atoms with Gasteiger partial charge in [0.15, 0.2) is 5.17 Å². The Morgan fingerprint density at radius 3 is 2.77 bits per heavy atom. The van der Waals surface area contributed by atoms with E-state index in [-0.39, 0.29) is 5.91 Å². The molecule has 3 rings (SSSR count). The summed E-state index contributed by atoms with van der Waals surface area (Å²) in [6.45, 7) is 4.07. The zero-order valence-corrected chi connectivity index (χ0v) is 13.6. The Kier molecular flexibility index (Phi) is 3.90. The number of carbonyl (C=O) groups excluding carboxylic acids is 1. The van der Waals surface area contributed by atoms with Crippen molar-refractivity contribution >= 4 is 34.6 Å². The maximum absolute atomic E-state index is 12.1. The molecule has 1 N–H and O–H groups in total. The van der Waals surface area contributed by atoms with Crippen LogP contribution in [0.2, 0.25) is 0 Å². The Balaban J connectivity index is 1.87. The Morgan fingerprint density at radius 1 is 1.27 bits per heavy atom. The Bertz CT molecular complexity index is 802. The third-order valence-electron chi connectivity index (χ3n) is 3.49. The van der Waals surface area contributed by atoms with E-state index in [0.717, 1.165) is 16.9 Å². The molecule has 1 aliphatic rings. The molecule has 0 saturated carbocycles. The van der Waals surface area contributed by atoms with Crippen LogP contribution in [0.3, 0.4) is 0 Å². The highest BCUT2D eigenvalue weighted by Crippen LogP contribution is 2.29. The molecule has 2 heterocycles. The van der Waals surface area contributed by atoms with E-state index in [4.69, 9.17) is 0 Å².